The molecule has 0 aliphatic carbocycles. The molecule has 0 aromatic heterocycles. The van der Waals surface area contributed by atoms with E-state index in [0.29, 0.717) is 28.8 Å². The lowest BCUT2D eigenvalue weighted by Crippen LogP contribution is -2.49. The summed E-state index contributed by atoms with van der Waals surface area (Å²) < 4.78 is 0. The minimum Gasteiger partial charge on any atom is -0.354 e. The number of rotatable bonds is 12. The van der Waals surface area contributed by atoms with Gasteiger partial charge in [0.05, 0.1) is 20.7 Å². The first-order valence-electron chi connectivity index (χ1n) is 10.6. The molecular formula is C23H27Cl2N3O4S. The van der Waals surface area contributed by atoms with Gasteiger partial charge in [-0.3, -0.25) is 19.7 Å². The smallest absolute Gasteiger partial charge is 0.269 e. The van der Waals surface area contributed by atoms with Crippen molar-refractivity contribution in [1.29, 1.82) is 0 Å². The molecule has 7 nitrogen and oxygen atoms in total. The number of nitrogens with one attached hydrogen (secondary N) is 1. The van der Waals surface area contributed by atoms with Crippen molar-refractivity contribution >= 4 is 52.5 Å². The van der Waals surface area contributed by atoms with Gasteiger partial charge in [-0.05, 0) is 36.1 Å². The summed E-state index contributed by atoms with van der Waals surface area (Å²) in [6.07, 6.45) is 1.27. The molecule has 33 heavy (non-hydrogen) atoms. The molecule has 0 aliphatic heterocycles. The summed E-state index contributed by atoms with van der Waals surface area (Å²) in [4.78, 5) is 37.9. The SMILES string of the molecule is CCCNC(=O)[C@@H](CC)N(Cc1ccc(Cl)c(Cl)c1)C(=O)CSCc1ccc([N+](=O)[O-])cc1. The van der Waals surface area contributed by atoms with E-state index < -0.39 is 11.0 Å². The highest BCUT2D eigenvalue weighted by molar-refractivity contribution is 7.99. The van der Waals surface area contributed by atoms with Gasteiger partial charge in [0.1, 0.15) is 6.04 Å². The standard InChI is InChI=1S/C23H27Cl2N3O4S/c1-3-11-26-23(30)21(4-2)27(13-17-7-10-19(24)20(25)12-17)22(29)15-33-14-16-5-8-18(9-6-16)28(31)32/h5-10,12,21H,3-4,11,13-15H2,1-2H3,(H,26,30)/t21-/m1/s1. The number of halogens is 2. The minimum absolute atomic E-state index is 0.0245. The van der Waals surface area contributed by atoms with Gasteiger partial charge in [-0.2, -0.15) is 0 Å². The molecule has 178 valence electrons. The van der Waals surface area contributed by atoms with Crippen LogP contribution in [0.15, 0.2) is 42.5 Å². The summed E-state index contributed by atoms with van der Waals surface area (Å²) in [6, 6.07) is 10.8. The van der Waals surface area contributed by atoms with Crippen molar-refractivity contribution in [1.82, 2.24) is 10.2 Å². The fourth-order valence-corrected chi connectivity index (χ4v) is 4.36. The van der Waals surface area contributed by atoms with Crippen molar-refractivity contribution in [3.8, 4) is 0 Å². The number of nitrogens with zero attached hydrogens (tertiary/aromatic N) is 2. The molecule has 0 radical (unpaired) electrons. The lowest BCUT2D eigenvalue weighted by molar-refractivity contribution is -0.384. The van der Waals surface area contributed by atoms with Crippen LogP contribution in [-0.4, -0.2) is 40.0 Å². The fourth-order valence-electron chi connectivity index (χ4n) is 3.17. The van der Waals surface area contributed by atoms with Crippen LogP contribution < -0.4 is 5.32 Å². The third kappa shape index (κ3) is 8.21. The predicted molar refractivity (Wildman–Crippen MR) is 134 cm³/mol. The summed E-state index contributed by atoms with van der Waals surface area (Å²) in [5.41, 5.74) is 1.68. The molecule has 2 amide bonds. The molecule has 0 aliphatic rings. The van der Waals surface area contributed by atoms with E-state index in [2.05, 4.69) is 5.32 Å². The highest BCUT2D eigenvalue weighted by Crippen LogP contribution is 2.25. The normalized spacial score (nSPS) is 11.6. The zero-order valence-corrected chi connectivity index (χ0v) is 20.9. The topological polar surface area (TPSA) is 92.6 Å². The van der Waals surface area contributed by atoms with Crippen molar-refractivity contribution in [3.63, 3.8) is 0 Å². The van der Waals surface area contributed by atoms with E-state index in [1.54, 1.807) is 35.2 Å². The summed E-state index contributed by atoms with van der Waals surface area (Å²) in [5, 5.41) is 14.5. The third-order valence-electron chi connectivity index (χ3n) is 4.91. The molecule has 2 rings (SSSR count). The Labute approximate surface area is 208 Å². The van der Waals surface area contributed by atoms with E-state index in [1.165, 1.54) is 23.9 Å². The van der Waals surface area contributed by atoms with Gasteiger partial charge in [0.2, 0.25) is 11.8 Å². The largest absolute Gasteiger partial charge is 0.354 e. The van der Waals surface area contributed by atoms with Crippen LogP contribution in [0.25, 0.3) is 0 Å². The molecule has 0 spiro atoms. The number of carbonyl (C=O) groups is 2. The van der Waals surface area contributed by atoms with Crippen LogP contribution in [0.3, 0.4) is 0 Å². The third-order valence-corrected chi connectivity index (χ3v) is 6.64. The molecule has 2 aromatic carbocycles. The molecule has 1 atom stereocenters. The molecule has 0 fully saturated rings. The Hall–Kier alpha value is -2.29. The molecule has 0 bridgehead atoms. The molecule has 2 aromatic rings. The number of thioether (sulfide) groups is 1. The Morgan fingerprint density at radius 1 is 1.09 bits per heavy atom. The Bertz CT molecular complexity index is 973. The zero-order valence-electron chi connectivity index (χ0n) is 18.6. The Morgan fingerprint density at radius 3 is 2.33 bits per heavy atom. The number of nitro groups is 1. The molecule has 0 heterocycles. The first-order valence-corrected chi connectivity index (χ1v) is 12.5. The zero-order chi connectivity index (χ0) is 24.4. The highest BCUT2D eigenvalue weighted by Gasteiger charge is 2.28. The minimum atomic E-state index is -0.613. The summed E-state index contributed by atoms with van der Waals surface area (Å²) in [5.74, 6) is 0.318. The van der Waals surface area contributed by atoms with Crippen molar-refractivity contribution in [2.24, 2.45) is 0 Å². The number of nitro benzene ring substituents is 1. The maximum absolute atomic E-state index is 13.2. The monoisotopic (exact) mass is 511 g/mol. The molecule has 0 saturated heterocycles. The van der Waals surface area contributed by atoms with Crippen molar-refractivity contribution in [2.75, 3.05) is 12.3 Å². The van der Waals surface area contributed by atoms with E-state index in [1.807, 2.05) is 13.8 Å². The molecule has 10 heteroatoms. The summed E-state index contributed by atoms with van der Waals surface area (Å²) in [6.45, 7) is 4.61. The van der Waals surface area contributed by atoms with E-state index in [9.17, 15) is 19.7 Å². The number of benzene rings is 2. The Balaban J connectivity index is 2.12. The number of hydrogen-bond donors (Lipinski definition) is 1. The van der Waals surface area contributed by atoms with Gasteiger partial charge in [0.25, 0.3) is 5.69 Å². The highest BCUT2D eigenvalue weighted by atomic mass is 35.5. The van der Waals surface area contributed by atoms with Crippen molar-refractivity contribution in [2.45, 2.75) is 45.0 Å². The Kier molecular flexibility index (Phi) is 11.0. The summed E-state index contributed by atoms with van der Waals surface area (Å²) in [7, 11) is 0. The number of carbonyl (C=O) groups excluding carboxylic acids is 2. The average Bonchev–Trinajstić information content (AvgIpc) is 2.80. The van der Waals surface area contributed by atoms with Gasteiger partial charge in [-0.15, -0.1) is 11.8 Å². The second-order valence-electron chi connectivity index (χ2n) is 7.40. The van der Waals surface area contributed by atoms with Crippen molar-refractivity contribution < 1.29 is 14.5 Å². The second-order valence-corrected chi connectivity index (χ2v) is 9.20. The van der Waals surface area contributed by atoms with E-state index in [0.717, 1.165) is 17.5 Å². The van der Waals surface area contributed by atoms with E-state index in [-0.39, 0.29) is 29.8 Å². The number of amides is 2. The van der Waals surface area contributed by atoms with Gasteiger partial charge in [-0.25, -0.2) is 0 Å². The lowest BCUT2D eigenvalue weighted by atomic mass is 10.1. The van der Waals surface area contributed by atoms with E-state index >= 15 is 0 Å². The van der Waals surface area contributed by atoms with Gasteiger partial charge < -0.3 is 10.2 Å². The van der Waals surface area contributed by atoms with Gasteiger partial charge in [0.15, 0.2) is 0 Å². The first-order chi connectivity index (χ1) is 15.8. The number of hydrogen-bond acceptors (Lipinski definition) is 5. The molecular weight excluding hydrogens is 485 g/mol. The maximum atomic E-state index is 13.2. The fraction of sp³-hybridized carbons (Fsp3) is 0.391. The van der Waals surface area contributed by atoms with E-state index in [4.69, 9.17) is 23.2 Å². The molecule has 0 saturated carbocycles. The lowest BCUT2D eigenvalue weighted by Gasteiger charge is -2.30. The quantitative estimate of drug-likeness (QED) is 0.301. The Morgan fingerprint density at radius 2 is 1.76 bits per heavy atom. The van der Waals surface area contributed by atoms with Gasteiger partial charge >= 0.3 is 0 Å². The summed E-state index contributed by atoms with van der Waals surface area (Å²) >= 11 is 13.5. The van der Waals surface area contributed by atoms with Crippen LogP contribution in [0.5, 0.6) is 0 Å². The second kappa shape index (κ2) is 13.4. The van der Waals surface area contributed by atoms with Crippen LogP contribution >= 0.6 is 35.0 Å². The average molecular weight is 512 g/mol. The number of non-ortho nitro benzene ring substituents is 1. The van der Waals surface area contributed by atoms with Crippen molar-refractivity contribution in [3.05, 3.63) is 73.8 Å². The van der Waals surface area contributed by atoms with Crippen LogP contribution in [0.1, 0.15) is 37.8 Å². The van der Waals surface area contributed by atoms with Crippen LogP contribution in [0.2, 0.25) is 10.0 Å². The maximum Gasteiger partial charge on any atom is 0.269 e. The molecule has 1 N–H and O–H groups in total. The first kappa shape index (κ1) is 27.0. The molecule has 0 unspecified atom stereocenters. The predicted octanol–water partition coefficient (Wildman–Crippen LogP) is 5.47. The van der Waals surface area contributed by atoms with Gasteiger partial charge in [-0.1, -0.05) is 55.2 Å². The van der Waals surface area contributed by atoms with Crippen LogP contribution in [0, 0.1) is 10.1 Å². The van der Waals surface area contributed by atoms with Crippen LogP contribution in [0.4, 0.5) is 5.69 Å². The van der Waals surface area contributed by atoms with Crippen LogP contribution in [-0.2, 0) is 21.9 Å². The van der Waals surface area contributed by atoms with Gasteiger partial charge in [0, 0.05) is 31.0 Å².